The lowest BCUT2D eigenvalue weighted by molar-refractivity contribution is 0.0989. The van der Waals surface area contributed by atoms with E-state index in [2.05, 4.69) is 123 Å². The van der Waals surface area contributed by atoms with Crippen molar-refractivity contribution in [3.63, 3.8) is 0 Å². The number of allylic oxidation sites excluding steroid dienone is 4. The molecule has 3 nitrogen and oxygen atoms in total. The Morgan fingerprint density at radius 1 is 0.552 bits per heavy atom. The number of hydrogen-bond acceptors (Lipinski definition) is 3. The Bertz CT molecular complexity index is 2870. The molecule has 4 aliphatic carbocycles. The average molecular weight is 836 g/mol. The Kier molecular flexibility index (Phi) is 7.84. The van der Waals surface area contributed by atoms with Crippen LogP contribution in [0.4, 0.5) is 11.4 Å². The average Bonchev–Trinajstić information content (AvgIpc) is 4.00. The van der Waals surface area contributed by atoms with Crippen molar-refractivity contribution in [2.45, 2.75) is 57.3 Å². The summed E-state index contributed by atoms with van der Waals surface area (Å²) in [6.07, 6.45) is 7.66. The smallest absolute Gasteiger partial charge is 0.199 e. The number of halogens is 4. The quantitative estimate of drug-likeness (QED) is 0.0753. The van der Waals surface area contributed by atoms with Crippen LogP contribution in [-0.2, 0) is 10.8 Å². The minimum Gasteiger partial charge on any atom is -0.312 e. The number of aryl methyl sites for hydroxylation is 3. The highest BCUT2D eigenvalue weighted by atomic mass is 35.5. The number of carbonyl (C=O) groups is 2. The zero-order chi connectivity index (χ0) is 40.0. The molecule has 7 heteroatoms. The summed E-state index contributed by atoms with van der Waals surface area (Å²) in [4.78, 5) is 30.6. The predicted molar refractivity (Wildman–Crippen MR) is 237 cm³/mol. The number of benzene rings is 6. The topological polar surface area (TPSA) is 37.4 Å². The molecule has 0 radical (unpaired) electrons. The van der Waals surface area contributed by atoms with E-state index >= 15 is 0 Å². The lowest BCUT2D eigenvalue weighted by Gasteiger charge is -2.32. The first-order chi connectivity index (χ1) is 28.0. The van der Waals surface area contributed by atoms with Gasteiger partial charge in [-0.15, -0.1) is 0 Å². The first kappa shape index (κ1) is 36.2. The van der Waals surface area contributed by atoms with Crippen LogP contribution in [-0.4, -0.2) is 11.6 Å². The Morgan fingerprint density at radius 3 is 1.55 bits per heavy atom. The van der Waals surface area contributed by atoms with Gasteiger partial charge < -0.3 is 4.90 Å². The second-order valence-electron chi connectivity index (χ2n) is 16.5. The van der Waals surface area contributed by atoms with Crippen molar-refractivity contribution in [2.24, 2.45) is 0 Å². The second kappa shape index (κ2) is 12.6. The zero-order valence-corrected chi connectivity index (χ0v) is 35.0. The molecule has 0 N–H and O–H groups in total. The second-order valence-corrected chi connectivity index (χ2v) is 18.0. The van der Waals surface area contributed by atoms with Gasteiger partial charge in [0.1, 0.15) is 0 Å². The van der Waals surface area contributed by atoms with Crippen molar-refractivity contribution >= 4 is 69.3 Å². The fraction of sp³-hybridized carbons (Fsp3) is 0.176. The summed E-state index contributed by atoms with van der Waals surface area (Å²) < 4.78 is 0. The van der Waals surface area contributed by atoms with Gasteiger partial charge in [0.25, 0.3) is 0 Å². The summed E-state index contributed by atoms with van der Waals surface area (Å²) in [5.74, 6) is -1.02. The van der Waals surface area contributed by atoms with E-state index < -0.39 is 17.0 Å². The zero-order valence-electron chi connectivity index (χ0n) is 32.0. The summed E-state index contributed by atoms with van der Waals surface area (Å²) >= 11 is 25.9. The summed E-state index contributed by atoms with van der Waals surface area (Å²) in [6.45, 7) is 6.49. The summed E-state index contributed by atoms with van der Waals surface area (Å²) in [5, 5.41) is -0.208. The Balaban J connectivity index is 1.21. The Morgan fingerprint density at radius 2 is 1.03 bits per heavy atom. The summed E-state index contributed by atoms with van der Waals surface area (Å²) in [6, 6.07) is 36.1. The molecule has 1 saturated carbocycles. The first-order valence-corrected chi connectivity index (χ1v) is 21.3. The number of rotatable bonds is 2. The standard InChI is InChI=1S/C51H35Cl4NO2/c1-26-22-27(2)47(28(3)23-26)56-39-25-37-33(31-14-6-9-17-36(31)51(37)34-15-7-4-12-29(34)30-13-5-8-16-35(30)51)24-38(39)50(20-10-11-21-50)40(56)19-18-32-48(57)41-42(49(32)58)44(53)46(55)45(54)43(41)52/h4-9,12-19,22-25H,10-11,20-21H2,1-3H3/b40-19-. The number of nitrogens with zero attached hydrogens (tertiary/aromatic N) is 1. The summed E-state index contributed by atoms with van der Waals surface area (Å²) in [7, 11) is 0. The van der Waals surface area contributed by atoms with Crippen LogP contribution in [0.3, 0.4) is 0 Å². The maximum absolute atomic E-state index is 14.1. The van der Waals surface area contributed by atoms with Crippen molar-refractivity contribution in [1.29, 1.82) is 0 Å². The number of ketones is 2. The fourth-order valence-corrected chi connectivity index (χ4v) is 12.4. The van der Waals surface area contributed by atoms with Crippen molar-refractivity contribution in [1.82, 2.24) is 0 Å². The van der Waals surface area contributed by atoms with Gasteiger partial charge >= 0.3 is 0 Å². The van der Waals surface area contributed by atoms with Crippen LogP contribution >= 0.6 is 46.4 Å². The minimum absolute atomic E-state index is 0.000554. The molecule has 1 fully saturated rings. The van der Waals surface area contributed by atoms with E-state index in [0.717, 1.165) is 53.9 Å². The third kappa shape index (κ3) is 4.43. The molecule has 58 heavy (non-hydrogen) atoms. The van der Waals surface area contributed by atoms with Gasteiger partial charge in [-0.2, -0.15) is 0 Å². The van der Waals surface area contributed by atoms with E-state index in [1.807, 2.05) is 6.08 Å². The Labute approximate surface area is 357 Å². The lowest BCUT2D eigenvalue weighted by atomic mass is 9.70. The van der Waals surface area contributed by atoms with Crippen LogP contribution in [0.1, 0.15) is 90.9 Å². The van der Waals surface area contributed by atoms with Crippen molar-refractivity contribution < 1.29 is 9.59 Å². The highest BCUT2D eigenvalue weighted by Gasteiger charge is 2.55. The molecule has 6 aromatic rings. The fourth-order valence-electron chi connectivity index (χ4n) is 11.4. The van der Waals surface area contributed by atoms with Crippen LogP contribution in [0.25, 0.3) is 22.3 Å². The minimum atomic E-state index is -0.511. The molecule has 0 aromatic heterocycles. The molecule has 11 rings (SSSR count). The van der Waals surface area contributed by atoms with E-state index in [-0.39, 0.29) is 42.2 Å². The molecule has 0 saturated heterocycles. The van der Waals surface area contributed by atoms with Crippen LogP contribution in [0.15, 0.2) is 120 Å². The third-order valence-corrected chi connectivity index (χ3v) is 15.3. The molecule has 284 valence electrons. The molecule has 2 spiro atoms. The summed E-state index contributed by atoms with van der Waals surface area (Å²) in [5.41, 5.74) is 17.3. The molecular weight excluding hydrogens is 800 g/mol. The van der Waals surface area contributed by atoms with Gasteiger partial charge in [0.2, 0.25) is 0 Å². The molecule has 6 aromatic carbocycles. The van der Waals surface area contributed by atoms with E-state index in [9.17, 15) is 9.59 Å². The van der Waals surface area contributed by atoms with Gasteiger partial charge in [0, 0.05) is 11.1 Å². The normalized spacial score (nSPS) is 17.9. The molecule has 1 aliphatic heterocycles. The number of anilines is 2. The SMILES string of the molecule is Cc1cc(C)c(N2/C(=C\C=C3C(=O)c4c(Cl)c(Cl)c(Cl)c(Cl)c4C3=O)C3(CCCC3)c3cc4c(cc32)C2(c3ccccc3-c3ccccc32)c2ccccc2-4)c(C)c1. The van der Waals surface area contributed by atoms with Crippen LogP contribution in [0.2, 0.25) is 20.1 Å². The predicted octanol–water partition coefficient (Wildman–Crippen LogP) is 14.4. The molecule has 1 heterocycles. The van der Waals surface area contributed by atoms with Crippen molar-refractivity contribution in [3.05, 3.63) is 196 Å². The Hall–Kier alpha value is -4.90. The highest BCUT2D eigenvalue weighted by molar-refractivity contribution is 6.57. The largest absolute Gasteiger partial charge is 0.312 e. The van der Waals surface area contributed by atoms with Gasteiger partial charge in [-0.05, 0) is 119 Å². The monoisotopic (exact) mass is 833 g/mol. The number of fused-ring (bicyclic) bond motifs is 13. The molecule has 0 atom stereocenters. The van der Waals surface area contributed by atoms with Crippen LogP contribution in [0, 0.1) is 20.8 Å². The van der Waals surface area contributed by atoms with E-state index in [1.54, 1.807) is 6.08 Å². The van der Waals surface area contributed by atoms with Crippen LogP contribution in [0.5, 0.6) is 0 Å². The number of Topliss-reactive ketones (excluding diaryl/α,β-unsaturated/α-hetero) is 2. The first-order valence-electron chi connectivity index (χ1n) is 19.7. The highest BCUT2D eigenvalue weighted by Crippen LogP contribution is 2.67. The molecule has 5 aliphatic rings. The van der Waals surface area contributed by atoms with E-state index in [1.165, 1.54) is 55.6 Å². The molecular formula is C51H35Cl4NO2. The molecule has 0 unspecified atom stereocenters. The van der Waals surface area contributed by atoms with Crippen LogP contribution < -0.4 is 4.90 Å². The van der Waals surface area contributed by atoms with Gasteiger partial charge in [0.05, 0.1) is 53.6 Å². The van der Waals surface area contributed by atoms with Crippen molar-refractivity contribution in [3.8, 4) is 22.3 Å². The van der Waals surface area contributed by atoms with E-state index in [4.69, 9.17) is 46.4 Å². The number of carbonyl (C=O) groups excluding carboxylic acids is 2. The maximum Gasteiger partial charge on any atom is 0.199 e. The third-order valence-electron chi connectivity index (χ3n) is 13.5. The van der Waals surface area contributed by atoms with E-state index in [0.29, 0.717) is 0 Å². The molecule has 0 bridgehead atoms. The number of hydrogen-bond donors (Lipinski definition) is 0. The van der Waals surface area contributed by atoms with Gasteiger partial charge in [-0.3, -0.25) is 9.59 Å². The van der Waals surface area contributed by atoms with Gasteiger partial charge in [0.15, 0.2) is 11.6 Å². The van der Waals surface area contributed by atoms with Gasteiger partial charge in [-0.1, -0.05) is 150 Å². The lowest BCUT2D eigenvalue weighted by Crippen LogP contribution is -2.27. The molecule has 0 amide bonds. The van der Waals surface area contributed by atoms with Gasteiger partial charge in [-0.25, -0.2) is 0 Å². The van der Waals surface area contributed by atoms with Crippen molar-refractivity contribution in [2.75, 3.05) is 4.90 Å². The maximum atomic E-state index is 14.1.